The van der Waals surface area contributed by atoms with E-state index in [2.05, 4.69) is 17.9 Å². The molecule has 0 fully saturated rings. The maximum atomic E-state index is 9.49. The van der Waals surface area contributed by atoms with Crippen LogP contribution in [-0.4, -0.2) is 25.0 Å². The minimum atomic E-state index is -1.26. The summed E-state index contributed by atoms with van der Waals surface area (Å²) >= 11 is 0. The van der Waals surface area contributed by atoms with Crippen molar-refractivity contribution in [1.82, 2.24) is 0 Å². The molecule has 0 atom stereocenters. The van der Waals surface area contributed by atoms with Crippen molar-refractivity contribution in [3.8, 4) is 5.75 Å². The summed E-state index contributed by atoms with van der Waals surface area (Å²) in [5, 5.41) is 7.77. The van der Waals surface area contributed by atoms with Crippen LogP contribution >= 0.6 is 0 Å². The molecule has 0 amide bonds. The molecule has 0 aliphatic carbocycles. The zero-order valence-corrected chi connectivity index (χ0v) is 10.5. The van der Waals surface area contributed by atoms with E-state index in [1.165, 1.54) is 11.6 Å². The Bertz CT molecular complexity index is 385. The summed E-state index contributed by atoms with van der Waals surface area (Å²) in [6, 6.07) is 7.96. The van der Waals surface area contributed by atoms with Crippen molar-refractivity contribution in [3.05, 3.63) is 55.1 Å². The molecule has 1 rings (SSSR count). The van der Waals surface area contributed by atoms with Crippen molar-refractivity contribution in [1.29, 1.82) is 0 Å². The summed E-state index contributed by atoms with van der Waals surface area (Å²) in [4.78, 5) is 9.49. The number of carbonyl (C=O) groups is 1. The predicted molar refractivity (Wildman–Crippen MR) is 71.1 cm³/mol. The lowest BCUT2D eigenvalue weighted by Crippen LogP contribution is -1.98. The first-order valence-corrected chi connectivity index (χ1v) is 5.35. The summed E-state index contributed by atoms with van der Waals surface area (Å²) in [6.07, 6.45) is 2.84. The van der Waals surface area contributed by atoms with E-state index in [1.54, 1.807) is 7.11 Å². The van der Waals surface area contributed by atoms with E-state index in [0.717, 1.165) is 12.2 Å². The van der Waals surface area contributed by atoms with Gasteiger partial charge in [0.25, 0.3) is 0 Å². The molecule has 1 aromatic carbocycles. The smallest absolute Gasteiger partial charge is 0.496 e. The molecule has 4 nitrogen and oxygen atoms in total. The SMILES string of the molecule is C=CCOC(=O)O.C=CCc1ccccc1OC. The van der Waals surface area contributed by atoms with Gasteiger partial charge in [0.2, 0.25) is 0 Å². The van der Waals surface area contributed by atoms with E-state index in [4.69, 9.17) is 9.84 Å². The third-order valence-corrected chi connectivity index (χ3v) is 1.88. The molecule has 0 heterocycles. The van der Waals surface area contributed by atoms with Gasteiger partial charge in [0.1, 0.15) is 12.4 Å². The Morgan fingerprint density at radius 2 is 2.00 bits per heavy atom. The predicted octanol–water partition coefficient (Wildman–Crippen LogP) is 3.29. The molecule has 0 saturated carbocycles. The Morgan fingerprint density at radius 3 is 2.44 bits per heavy atom. The Labute approximate surface area is 107 Å². The van der Waals surface area contributed by atoms with Gasteiger partial charge in [0.05, 0.1) is 7.11 Å². The van der Waals surface area contributed by atoms with Gasteiger partial charge < -0.3 is 14.6 Å². The second-order valence-electron chi connectivity index (χ2n) is 3.17. The minimum absolute atomic E-state index is 0.0648. The van der Waals surface area contributed by atoms with Gasteiger partial charge in [-0.2, -0.15) is 0 Å². The van der Waals surface area contributed by atoms with Crippen molar-refractivity contribution in [3.63, 3.8) is 0 Å². The standard InChI is InChI=1S/C10H12O.C4H6O3/c1-3-6-9-7-4-5-8-10(9)11-2;1-2-3-7-4(5)6/h3-5,7-8H,1,6H2,2H3;2H,1,3H2,(H,5,6). The second-order valence-corrected chi connectivity index (χ2v) is 3.17. The fourth-order valence-electron chi connectivity index (χ4n) is 1.16. The molecule has 0 spiro atoms. The van der Waals surface area contributed by atoms with Crippen LogP contribution in [0, 0.1) is 0 Å². The van der Waals surface area contributed by atoms with Gasteiger partial charge in [-0.1, -0.05) is 36.9 Å². The molecule has 0 bridgehead atoms. The van der Waals surface area contributed by atoms with Crippen LogP contribution in [0.25, 0.3) is 0 Å². The van der Waals surface area contributed by atoms with E-state index >= 15 is 0 Å². The number of carboxylic acid groups (broad SMARTS) is 1. The van der Waals surface area contributed by atoms with E-state index in [-0.39, 0.29) is 6.61 Å². The number of methoxy groups -OCH3 is 1. The molecular formula is C14H18O4. The molecule has 0 aliphatic rings. The maximum absolute atomic E-state index is 9.49. The molecule has 0 aromatic heterocycles. The average Bonchev–Trinajstić information content (AvgIpc) is 2.38. The topological polar surface area (TPSA) is 55.8 Å². The van der Waals surface area contributed by atoms with Gasteiger partial charge in [-0.25, -0.2) is 4.79 Å². The summed E-state index contributed by atoms with van der Waals surface area (Å²) < 4.78 is 9.14. The highest BCUT2D eigenvalue weighted by Crippen LogP contribution is 2.17. The lowest BCUT2D eigenvalue weighted by molar-refractivity contribution is 0.102. The van der Waals surface area contributed by atoms with Crippen LogP contribution < -0.4 is 4.74 Å². The number of hydrogen-bond donors (Lipinski definition) is 1. The van der Waals surface area contributed by atoms with Crippen molar-refractivity contribution in [2.24, 2.45) is 0 Å². The highest BCUT2D eigenvalue weighted by molar-refractivity contribution is 5.56. The van der Waals surface area contributed by atoms with E-state index in [0.29, 0.717) is 0 Å². The van der Waals surface area contributed by atoms with Crippen molar-refractivity contribution >= 4 is 6.16 Å². The molecule has 0 radical (unpaired) electrons. The molecule has 4 heteroatoms. The Kier molecular flexibility index (Phi) is 8.72. The van der Waals surface area contributed by atoms with Crippen LogP contribution in [0.3, 0.4) is 0 Å². The van der Waals surface area contributed by atoms with Crippen molar-refractivity contribution in [2.45, 2.75) is 6.42 Å². The lowest BCUT2D eigenvalue weighted by Gasteiger charge is -2.04. The van der Waals surface area contributed by atoms with Gasteiger partial charge in [0.15, 0.2) is 0 Å². The number of hydrogen-bond acceptors (Lipinski definition) is 3. The second kappa shape index (κ2) is 9.96. The number of ether oxygens (including phenoxy) is 2. The first-order chi connectivity index (χ1) is 8.65. The Hall–Kier alpha value is -2.23. The third kappa shape index (κ3) is 7.11. The zero-order valence-electron chi connectivity index (χ0n) is 10.5. The van der Waals surface area contributed by atoms with Gasteiger partial charge in [-0.15, -0.1) is 6.58 Å². The van der Waals surface area contributed by atoms with Crippen LogP contribution in [-0.2, 0) is 11.2 Å². The highest BCUT2D eigenvalue weighted by atomic mass is 16.7. The van der Waals surface area contributed by atoms with E-state index in [9.17, 15) is 4.79 Å². The van der Waals surface area contributed by atoms with Gasteiger partial charge >= 0.3 is 6.16 Å². The van der Waals surface area contributed by atoms with E-state index < -0.39 is 6.16 Å². The fraction of sp³-hybridized carbons (Fsp3) is 0.214. The molecule has 0 aliphatic heterocycles. The summed E-state index contributed by atoms with van der Waals surface area (Å²) in [7, 11) is 1.68. The monoisotopic (exact) mass is 250 g/mol. The molecule has 1 N–H and O–H groups in total. The Morgan fingerprint density at radius 1 is 1.33 bits per heavy atom. The summed E-state index contributed by atoms with van der Waals surface area (Å²) in [5.41, 5.74) is 1.19. The number of rotatable bonds is 5. The van der Waals surface area contributed by atoms with Crippen molar-refractivity contribution in [2.75, 3.05) is 13.7 Å². The number of allylic oxidation sites excluding steroid dienone is 1. The van der Waals surface area contributed by atoms with Crippen LogP contribution in [0.4, 0.5) is 4.79 Å². The zero-order chi connectivity index (χ0) is 13.8. The average molecular weight is 250 g/mol. The highest BCUT2D eigenvalue weighted by Gasteiger charge is 1.96. The van der Waals surface area contributed by atoms with Gasteiger partial charge in [0, 0.05) is 0 Å². The Balaban J connectivity index is 0.000000360. The normalized spacial score (nSPS) is 8.50. The molecule has 0 unspecified atom stereocenters. The summed E-state index contributed by atoms with van der Waals surface area (Å²) in [6.45, 7) is 6.98. The number of para-hydroxylation sites is 1. The van der Waals surface area contributed by atoms with Crippen LogP contribution in [0.15, 0.2) is 49.6 Å². The molecular weight excluding hydrogens is 232 g/mol. The van der Waals surface area contributed by atoms with Crippen molar-refractivity contribution < 1.29 is 19.4 Å². The van der Waals surface area contributed by atoms with Crippen LogP contribution in [0.2, 0.25) is 0 Å². The fourth-order valence-corrected chi connectivity index (χ4v) is 1.16. The van der Waals surface area contributed by atoms with Gasteiger partial charge in [-0.3, -0.25) is 0 Å². The molecule has 1 aromatic rings. The van der Waals surface area contributed by atoms with Crippen LogP contribution in [0.1, 0.15) is 5.56 Å². The maximum Gasteiger partial charge on any atom is 0.506 e. The molecule has 18 heavy (non-hydrogen) atoms. The van der Waals surface area contributed by atoms with Crippen LogP contribution in [0.5, 0.6) is 5.75 Å². The van der Waals surface area contributed by atoms with Gasteiger partial charge in [-0.05, 0) is 18.1 Å². The molecule has 0 saturated heterocycles. The third-order valence-electron chi connectivity index (χ3n) is 1.88. The molecule has 98 valence electrons. The largest absolute Gasteiger partial charge is 0.506 e. The van der Waals surface area contributed by atoms with E-state index in [1.807, 2.05) is 30.3 Å². The number of benzene rings is 1. The lowest BCUT2D eigenvalue weighted by atomic mass is 10.1. The summed E-state index contributed by atoms with van der Waals surface area (Å²) in [5.74, 6) is 0.937. The quantitative estimate of drug-likeness (QED) is 0.643. The first kappa shape index (κ1) is 15.8. The first-order valence-electron chi connectivity index (χ1n) is 5.35. The minimum Gasteiger partial charge on any atom is -0.496 e.